The van der Waals surface area contributed by atoms with Crippen molar-refractivity contribution in [2.24, 2.45) is 0 Å². The highest BCUT2D eigenvalue weighted by atomic mass is 35.5. The Morgan fingerprint density at radius 2 is 1.97 bits per heavy atom. The van der Waals surface area contributed by atoms with Gasteiger partial charge in [-0.25, -0.2) is 4.98 Å². The van der Waals surface area contributed by atoms with Crippen molar-refractivity contribution in [3.05, 3.63) is 64.1 Å². The number of anilines is 1. The quantitative estimate of drug-likeness (QED) is 0.411. The number of rotatable bonds is 8. The van der Waals surface area contributed by atoms with Gasteiger partial charge in [-0.1, -0.05) is 35.1 Å². The van der Waals surface area contributed by atoms with Crippen LogP contribution in [0.1, 0.15) is 29.8 Å². The molecular formula is C20H20ClN2O6PS. The molecule has 0 aliphatic heterocycles. The number of ether oxygens (including phenoxy) is 2. The fraction of sp³-hybridized carbons (Fsp3) is 0.200. The number of hydrogen-bond acceptors (Lipinski definition) is 6. The highest BCUT2D eigenvalue weighted by Gasteiger charge is 2.17. The van der Waals surface area contributed by atoms with Crippen LogP contribution in [0, 0.1) is 0 Å². The first-order chi connectivity index (χ1) is 14.6. The molecular weight excluding hydrogens is 463 g/mol. The van der Waals surface area contributed by atoms with Gasteiger partial charge in [0, 0.05) is 11.6 Å². The highest BCUT2D eigenvalue weighted by molar-refractivity contribution is 7.60. The van der Waals surface area contributed by atoms with Crippen molar-refractivity contribution in [3.8, 4) is 11.5 Å². The number of benzene rings is 2. The summed E-state index contributed by atoms with van der Waals surface area (Å²) >= 11 is 6.99. The van der Waals surface area contributed by atoms with Crippen molar-refractivity contribution in [2.45, 2.75) is 26.6 Å². The monoisotopic (exact) mass is 482 g/mol. The third-order valence-electron chi connectivity index (χ3n) is 3.86. The number of nitrogens with one attached hydrogen (secondary N) is 1. The van der Waals surface area contributed by atoms with E-state index in [0.717, 1.165) is 11.3 Å². The summed E-state index contributed by atoms with van der Waals surface area (Å²) in [7, 11) is -4.36. The van der Waals surface area contributed by atoms with Crippen molar-refractivity contribution in [1.29, 1.82) is 0 Å². The SMILES string of the molecule is CC(C)Oc1cc(OCc2cccc(P(=O)(O)O)c2)cc(C(=O)Nc2ncc(Cl)s2)c1. The van der Waals surface area contributed by atoms with Gasteiger partial charge in [-0.05, 0) is 43.7 Å². The van der Waals surface area contributed by atoms with Gasteiger partial charge in [0.1, 0.15) is 22.4 Å². The molecule has 0 radical (unpaired) electrons. The fourth-order valence-electron chi connectivity index (χ4n) is 2.60. The summed E-state index contributed by atoms with van der Waals surface area (Å²) in [4.78, 5) is 35.3. The summed E-state index contributed by atoms with van der Waals surface area (Å²) in [6, 6.07) is 10.8. The van der Waals surface area contributed by atoms with Crippen LogP contribution in [0.3, 0.4) is 0 Å². The molecule has 0 bridgehead atoms. The van der Waals surface area contributed by atoms with Crippen LogP contribution < -0.4 is 20.1 Å². The number of hydrogen-bond donors (Lipinski definition) is 3. The van der Waals surface area contributed by atoms with E-state index in [4.69, 9.17) is 21.1 Å². The van der Waals surface area contributed by atoms with Crippen LogP contribution in [0.2, 0.25) is 4.34 Å². The lowest BCUT2D eigenvalue weighted by molar-refractivity contribution is 0.102. The molecule has 3 rings (SSSR count). The maximum Gasteiger partial charge on any atom is 0.356 e. The highest BCUT2D eigenvalue weighted by Crippen LogP contribution is 2.33. The van der Waals surface area contributed by atoms with Crippen LogP contribution in [0.25, 0.3) is 0 Å². The first-order valence-electron chi connectivity index (χ1n) is 9.12. The molecule has 1 amide bonds. The van der Waals surface area contributed by atoms with Crippen molar-refractivity contribution in [2.75, 3.05) is 5.32 Å². The van der Waals surface area contributed by atoms with E-state index in [0.29, 0.717) is 32.1 Å². The van der Waals surface area contributed by atoms with Gasteiger partial charge in [-0.15, -0.1) is 0 Å². The largest absolute Gasteiger partial charge is 0.491 e. The normalized spacial score (nSPS) is 11.4. The molecule has 1 aromatic heterocycles. The van der Waals surface area contributed by atoms with E-state index in [-0.39, 0.29) is 18.0 Å². The Morgan fingerprint density at radius 1 is 1.23 bits per heavy atom. The minimum absolute atomic E-state index is 0.0438. The number of carbonyl (C=O) groups is 1. The van der Waals surface area contributed by atoms with E-state index < -0.39 is 13.5 Å². The Bertz CT molecular complexity index is 1130. The molecule has 31 heavy (non-hydrogen) atoms. The second-order valence-electron chi connectivity index (χ2n) is 6.79. The first-order valence-corrected chi connectivity index (χ1v) is 11.9. The lowest BCUT2D eigenvalue weighted by atomic mass is 10.2. The number of nitrogens with zero attached hydrogens (tertiary/aromatic N) is 1. The van der Waals surface area contributed by atoms with Gasteiger partial charge in [-0.2, -0.15) is 0 Å². The molecule has 2 aromatic carbocycles. The average molecular weight is 483 g/mol. The van der Waals surface area contributed by atoms with Crippen LogP contribution in [0.15, 0.2) is 48.7 Å². The minimum Gasteiger partial charge on any atom is -0.491 e. The molecule has 3 N–H and O–H groups in total. The third kappa shape index (κ3) is 6.78. The standard InChI is InChI=1S/C20H20ClN2O6PS/c1-12(2)29-16-8-14(19(24)23-20-22-10-18(21)31-20)7-15(9-16)28-11-13-4-3-5-17(6-13)30(25,26)27/h3-10,12H,11H2,1-2H3,(H,22,23,24)(H2,25,26,27). The lowest BCUT2D eigenvalue weighted by Crippen LogP contribution is -2.13. The van der Waals surface area contributed by atoms with Crippen LogP contribution in [0.4, 0.5) is 5.13 Å². The van der Waals surface area contributed by atoms with E-state index in [1.807, 2.05) is 13.8 Å². The summed E-state index contributed by atoms with van der Waals surface area (Å²) in [5.74, 6) is 0.398. The fourth-order valence-corrected chi connectivity index (χ4v) is 4.02. The molecule has 0 saturated heterocycles. The maximum absolute atomic E-state index is 12.7. The Balaban J connectivity index is 1.81. The molecule has 0 atom stereocenters. The average Bonchev–Trinajstić information content (AvgIpc) is 3.10. The first kappa shape index (κ1) is 23.2. The van der Waals surface area contributed by atoms with E-state index in [1.165, 1.54) is 18.3 Å². The zero-order valence-electron chi connectivity index (χ0n) is 16.6. The molecule has 0 aliphatic carbocycles. The molecule has 164 valence electrons. The second-order valence-corrected chi connectivity index (χ2v) is 10.1. The van der Waals surface area contributed by atoms with E-state index in [9.17, 15) is 19.1 Å². The molecule has 0 saturated carbocycles. The van der Waals surface area contributed by atoms with E-state index in [1.54, 1.807) is 30.3 Å². The van der Waals surface area contributed by atoms with Gasteiger partial charge < -0.3 is 19.3 Å². The molecule has 8 nitrogen and oxygen atoms in total. The molecule has 3 aromatic rings. The summed E-state index contributed by atoms with van der Waals surface area (Å²) in [6.45, 7) is 3.76. The lowest BCUT2D eigenvalue weighted by Gasteiger charge is -2.14. The topological polar surface area (TPSA) is 118 Å². The van der Waals surface area contributed by atoms with Crippen molar-refractivity contribution >= 4 is 46.9 Å². The number of amides is 1. The van der Waals surface area contributed by atoms with Gasteiger partial charge in [-0.3, -0.25) is 14.7 Å². The zero-order chi connectivity index (χ0) is 22.6. The molecule has 0 fully saturated rings. The Labute approximate surface area is 188 Å². The van der Waals surface area contributed by atoms with Crippen LogP contribution in [0.5, 0.6) is 11.5 Å². The smallest absolute Gasteiger partial charge is 0.356 e. The number of halogens is 1. The van der Waals surface area contributed by atoms with Crippen LogP contribution in [-0.4, -0.2) is 26.8 Å². The number of carbonyl (C=O) groups excluding carboxylic acids is 1. The number of thiazole rings is 1. The van der Waals surface area contributed by atoms with Crippen LogP contribution in [-0.2, 0) is 11.2 Å². The Kier molecular flexibility index (Phi) is 7.35. The molecule has 11 heteroatoms. The summed E-state index contributed by atoms with van der Waals surface area (Å²) < 4.78 is 23.4. The van der Waals surface area contributed by atoms with Gasteiger partial charge >= 0.3 is 7.60 Å². The summed E-state index contributed by atoms with van der Waals surface area (Å²) in [5.41, 5.74) is 0.864. The Hall–Kier alpha value is -2.42. The van der Waals surface area contributed by atoms with Gasteiger partial charge in [0.15, 0.2) is 5.13 Å². The second kappa shape index (κ2) is 9.80. The van der Waals surface area contributed by atoms with Gasteiger partial charge in [0.2, 0.25) is 0 Å². The van der Waals surface area contributed by atoms with Crippen molar-refractivity contribution in [3.63, 3.8) is 0 Å². The van der Waals surface area contributed by atoms with Crippen molar-refractivity contribution in [1.82, 2.24) is 4.98 Å². The maximum atomic E-state index is 12.7. The summed E-state index contributed by atoms with van der Waals surface area (Å²) in [6.07, 6.45) is 1.32. The molecule has 0 spiro atoms. The molecule has 0 unspecified atom stereocenters. The molecule has 0 aliphatic rings. The van der Waals surface area contributed by atoms with Gasteiger partial charge in [0.25, 0.3) is 5.91 Å². The minimum atomic E-state index is -4.36. The Morgan fingerprint density at radius 3 is 2.61 bits per heavy atom. The summed E-state index contributed by atoms with van der Waals surface area (Å²) in [5, 5.41) is 2.94. The van der Waals surface area contributed by atoms with E-state index >= 15 is 0 Å². The van der Waals surface area contributed by atoms with Crippen molar-refractivity contribution < 1.29 is 28.6 Å². The predicted molar refractivity (Wildman–Crippen MR) is 120 cm³/mol. The zero-order valence-corrected chi connectivity index (χ0v) is 19.1. The van der Waals surface area contributed by atoms with Gasteiger partial charge in [0.05, 0.1) is 17.6 Å². The third-order valence-corrected chi connectivity index (χ3v) is 5.85. The van der Waals surface area contributed by atoms with E-state index in [2.05, 4.69) is 10.3 Å². The predicted octanol–water partition coefficient (Wildman–Crippen LogP) is 4.22. The molecule has 1 heterocycles. The number of aromatic nitrogens is 1. The van der Waals surface area contributed by atoms with Crippen LogP contribution >= 0.6 is 30.5 Å².